The molecule has 1 heterocycles. The molecular weight excluding hydrogens is 192 g/mol. The van der Waals surface area contributed by atoms with E-state index in [1.54, 1.807) is 19.3 Å². The maximum absolute atomic E-state index is 11.3. The molecule has 0 fully saturated rings. The van der Waals surface area contributed by atoms with Crippen molar-refractivity contribution in [3.8, 4) is 0 Å². The number of pyridine rings is 1. The topological polar surface area (TPSA) is 65.2 Å². The molecule has 0 radical (unpaired) electrons. The molecule has 0 aromatic carbocycles. The molecule has 1 aromatic heterocycles. The van der Waals surface area contributed by atoms with E-state index in [2.05, 4.69) is 4.98 Å². The summed E-state index contributed by atoms with van der Waals surface area (Å²) in [6.45, 7) is 4.07. The van der Waals surface area contributed by atoms with Crippen LogP contribution in [0.15, 0.2) is 18.5 Å². The van der Waals surface area contributed by atoms with Gasteiger partial charge in [0.05, 0.1) is 6.61 Å². The third-order valence-corrected chi connectivity index (χ3v) is 2.17. The van der Waals surface area contributed by atoms with Gasteiger partial charge < -0.3 is 10.5 Å². The van der Waals surface area contributed by atoms with E-state index in [9.17, 15) is 4.79 Å². The van der Waals surface area contributed by atoms with Crippen LogP contribution >= 0.6 is 0 Å². The van der Waals surface area contributed by atoms with Crippen molar-refractivity contribution < 1.29 is 9.53 Å². The summed E-state index contributed by atoms with van der Waals surface area (Å²) < 4.78 is 4.84. The van der Waals surface area contributed by atoms with Crippen molar-refractivity contribution in [1.82, 2.24) is 4.98 Å². The van der Waals surface area contributed by atoms with Crippen molar-refractivity contribution in [2.24, 2.45) is 5.73 Å². The molecule has 4 heteroatoms. The molecule has 0 aliphatic rings. The largest absolute Gasteiger partial charge is 0.465 e. The molecule has 2 N–H and O–H groups in total. The first kappa shape index (κ1) is 11.7. The predicted octanol–water partition coefficient (Wildman–Crippen LogP) is 0.823. The van der Waals surface area contributed by atoms with E-state index in [4.69, 9.17) is 10.5 Å². The van der Waals surface area contributed by atoms with E-state index in [1.165, 1.54) is 0 Å². The highest BCUT2D eigenvalue weighted by Gasteiger charge is 2.15. The summed E-state index contributed by atoms with van der Waals surface area (Å²) in [5.41, 5.74) is 7.78. The highest BCUT2D eigenvalue weighted by molar-refractivity contribution is 5.75. The smallest absolute Gasteiger partial charge is 0.323 e. The molecule has 0 aliphatic carbocycles. The Hall–Kier alpha value is -1.42. The zero-order chi connectivity index (χ0) is 11.3. The summed E-state index contributed by atoms with van der Waals surface area (Å²) >= 11 is 0. The molecule has 0 aliphatic heterocycles. The minimum absolute atomic E-state index is 0.353. The van der Waals surface area contributed by atoms with Crippen LogP contribution in [0.1, 0.15) is 18.1 Å². The lowest BCUT2D eigenvalue weighted by Gasteiger charge is -2.11. The maximum Gasteiger partial charge on any atom is 0.323 e. The number of hydrogen-bond donors (Lipinski definition) is 1. The zero-order valence-corrected chi connectivity index (χ0v) is 9.06. The van der Waals surface area contributed by atoms with Crippen LogP contribution in [0.4, 0.5) is 0 Å². The second-order valence-corrected chi connectivity index (χ2v) is 3.36. The lowest BCUT2D eigenvalue weighted by molar-refractivity contribution is -0.144. The van der Waals surface area contributed by atoms with E-state index in [1.807, 2.05) is 13.0 Å². The molecule has 1 rings (SSSR count). The van der Waals surface area contributed by atoms with Crippen molar-refractivity contribution in [1.29, 1.82) is 0 Å². The average molecular weight is 208 g/mol. The molecule has 0 spiro atoms. The summed E-state index contributed by atoms with van der Waals surface area (Å²) in [5, 5.41) is 0. The molecule has 0 saturated carbocycles. The number of carbonyl (C=O) groups is 1. The second kappa shape index (κ2) is 5.46. The standard InChI is InChI=1S/C11H16N2O2/c1-3-15-11(14)10(12)6-9-4-5-13-7-8(9)2/h4-5,7,10H,3,6,12H2,1-2H3. The number of carbonyl (C=O) groups excluding carboxylic acids is 1. The van der Waals surface area contributed by atoms with Gasteiger partial charge >= 0.3 is 5.97 Å². The molecule has 15 heavy (non-hydrogen) atoms. The van der Waals surface area contributed by atoms with Gasteiger partial charge in [-0.15, -0.1) is 0 Å². The average Bonchev–Trinajstić information content (AvgIpc) is 2.21. The number of esters is 1. The number of rotatable bonds is 4. The molecule has 0 bridgehead atoms. The summed E-state index contributed by atoms with van der Waals surface area (Å²) in [4.78, 5) is 15.3. The second-order valence-electron chi connectivity index (χ2n) is 3.36. The summed E-state index contributed by atoms with van der Waals surface area (Å²) in [7, 11) is 0. The Morgan fingerprint density at radius 2 is 2.40 bits per heavy atom. The Morgan fingerprint density at radius 3 is 3.00 bits per heavy atom. The molecule has 0 saturated heterocycles. The Labute approximate surface area is 89.5 Å². The molecular formula is C11H16N2O2. The van der Waals surface area contributed by atoms with Gasteiger partial charge in [-0.3, -0.25) is 9.78 Å². The van der Waals surface area contributed by atoms with Gasteiger partial charge in [0.15, 0.2) is 0 Å². The summed E-state index contributed by atoms with van der Waals surface area (Å²) in [6, 6.07) is 1.28. The molecule has 0 amide bonds. The normalized spacial score (nSPS) is 12.2. The number of ether oxygens (including phenoxy) is 1. The van der Waals surface area contributed by atoms with Gasteiger partial charge in [-0.05, 0) is 37.5 Å². The predicted molar refractivity (Wildman–Crippen MR) is 57.3 cm³/mol. The Bertz CT molecular complexity index is 339. The fraction of sp³-hybridized carbons (Fsp3) is 0.455. The van der Waals surface area contributed by atoms with Crippen LogP contribution in [0.2, 0.25) is 0 Å². The molecule has 1 atom stereocenters. The number of nitrogens with two attached hydrogens (primary N) is 1. The van der Waals surface area contributed by atoms with Gasteiger partial charge in [0.25, 0.3) is 0 Å². The van der Waals surface area contributed by atoms with Crippen LogP contribution in [0, 0.1) is 6.92 Å². The maximum atomic E-state index is 11.3. The minimum Gasteiger partial charge on any atom is -0.465 e. The van der Waals surface area contributed by atoms with Crippen LogP contribution in [-0.2, 0) is 16.0 Å². The SMILES string of the molecule is CCOC(=O)C(N)Cc1ccncc1C. The van der Waals surface area contributed by atoms with Crippen LogP contribution in [-0.4, -0.2) is 23.6 Å². The Balaban J connectivity index is 2.62. The van der Waals surface area contributed by atoms with E-state index >= 15 is 0 Å². The van der Waals surface area contributed by atoms with Crippen molar-refractivity contribution in [3.05, 3.63) is 29.6 Å². The van der Waals surface area contributed by atoms with Crippen LogP contribution < -0.4 is 5.73 Å². The van der Waals surface area contributed by atoms with Gasteiger partial charge in [0.2, 0.25) is 0 Å². The summed E-state index contributed by atoms with van der Waals surface area (Å²) in [5.74, 6) is -0.353. The monoisotopic (exact) mass is 208 g/mol. The van der Waals surface area contributed by atoms with Gasteiger partial charge in [-0.1, -0.05) is 0 Å². The van der Waals surface area contributed by atoms with Crippen LogP contribution in [0.25, 0.3) is 0 Å². The van der Waals surface area contributed by atoms with Gasteiger partial charge in [0.1, 0.15) is 6.04 Å². The summed E-state index contributed by atoms with van der Waals surface area (Å²) in [6.07, 6.45) is 3.95. The first-order chi connectivity index (χ1) is 7.15. The Morgan fingerprint density at radius 1 is 1.67 bits per heavy atom. The first-order valence-corrected chi connectivity index (χ1v) is 4.96. The number of aromatic nitrogens is 1. The molecule has 1 aromatic rings. The van der Waals surface area contributed by atoms with Crippen molar-refractivity contribution in [2.45, 2.75) is 26.3 Å². The van der Waals surface area contributed by atoms with E-state index in [0.29, 0.717) is 13.0 Å². The highest BCUT2D eigenvalue weighted by atomic mass is 16.5. The van der Waals surface area contributed by atoms with E-state index in [-0.39, 0.29) is 5.97 Å². The van der Waals surface area contributed by atoms with E-state index < -0.39 is 6.04 Å². The van der Waals surface area contributed by atoms with Crippen molar-refractivity contribution in [2.75, 3.05) is 6.61 Å². The van der Waals surface area contributed by atoms with Crippen molar-refractivity contribution >= 4 is 5.97 Å². The fourth-order valence-electron chi connectivity index (χ4n) is 1.30. The van der Waals surface area contributed by atoms with Gasteiger partial charge in [-0.2, -0.15) is 0 Å². The van der Waals surface area contributed by atoms with E-state index in [0.717, 1.165) is 11.1 Å². The fourth-order valence-corrected chi connectivity index (χ4v) is 1.30. The number of aryl methyl sites for hydroxylation is 1. The third-order valence-electron chi connectivity index (χ3n) is 2.17. The highest BCUT2D eigenvalue weighted by Crippen LogP contribution is 2.07. The molecule has 82 valence electrons. The van der Waals surface area contributed by atoms with Crippen LogP contribution in [0.5, 0.6) is 0 Å². The number of nitrogens with zero attached hydrogens (tertiary/aromatic N) is 1. The number of hydrogen-bond acceptors (Lipinski definition) is 4. The lowest BCUT2D eigenvalue weighted by Crippen LogP contribution is -2.34. The van der Waals surface area contributed by atoms with Gasteiger partial charge in [-0.25, -0.2) is 0 Å². The van der Waals surface area contributed by atoms with Crippen molar-refractivity contribution in [3.63, 3.8) is 0 Å². The minimum atomic E-state index is -0.592. The Kier molecular flexibility index (Phi) is 4.24. The van der Waals surface area contributed by atoms with Gasteiger partial charge in [0, 0.05) is 12.4 Å². The first-order valence-electron chi connectivity index (χ1n) is 4.96. The quantitative estimate of drug-likeness (QED) is 0.744. The zero-order valence-electron chi connectivity index (χ0n) is 9.06. The van der Waals surface area contributed by atoms with Crippen LogP contribution in [0.3, 0.4) is 0 Å². The third kappa shape index (κ3) is 3.32. The molecule has 1 unspecified atom stereocenters. The molecule has 4 nitrogen and oxygen atoms in total. The lowest BCUT2D eigenvalue weighted by atomic mass is 10.0.